The van der Waals surface area contributed by atoms with Crippen LogP contribution >= 0.6 is 11.6 Å². The van der Waals surface area contributed by atoms with Gasteiger partial charge in [0.25, 0.3) is 5.70 Å². The maximum Gasteiger partial charge on any atom is 0.316 e. The van der Waals surface area contributed by atoms with Crippen molar-refractivity contribution in [3.63, 3.8) is 0 Å². The van der Waals surface area contributed by atoms with Crippen LogP contribution in [0.4, 0.5) is 0 Å². The number of halogens is 1. The third-order valence-electron chi connectivity index (χ3n) is 2.03. The number of hydrogen-bond acceptors (Lipinski definition) is 5. The van der Waals surface area contributed by atoms with Crippen LogP contribution < -0.4 is 0 Å². The fraction of sp³-hybridized carbons (Fsp3) is 0.286. The summed E-state index contributed by atoms with van der Waals surface area (Å²) in [6.07, 6.45) is 2.35. The molecule has 0 heterocycles. The van der Waals surface area contributed by atoms with E-state index in [4.69, 9.17) is 11.6 Å². The van der Waals surface area contributed by atoms with Crippen molar-refractivity contribution in [3.8, 4) is 0 Å². The molecule has 80 valence electrons. The standard InChI is InChI=1S/C7H5ClN2O5/c8-6(11)7(10(14)15)3-1-5(2-4-7)9(12)13/h1-3H,4H2. The molecule has 0 saturated carbocycles. The Labute approximate surface area is 88.3 Å². The van der Waals surface area contributed by atoms with Gasteiger partial charge in [-0.15, -0.1) is 0 Å². The van der Waals surface area contributed by atoms with Crippen molar-refractivity contribution < 1.29 is 14.6 Å². The maximum absolute atomic E-state index is 10.9. The second-order valence-electron chi connectivity index (χ2n) is 2.88. The summed E-state index contributed by atoms with van der Waals surface area (Å²) >= 11 is 5.10. The molecule has 1 atom stereocenters. The van der Waals surface area contributed by atoms with E-state index in [1.54, 1.807) is 0 Å². The van der Waals surface area contributed by atoms with Gasteiger partial charge in [0.2, 0.25) is 0 Å². The lowest BCUT2D eigenvalue weighted by Crippen LogP contribution is -2.43. The number of carbonyl (C=O) groups excluding carboxylic acids is 1. The van der Waals surface area contributed by atoms with Crippen LogP contribution in [-0.2, 0) is 4.79 Å². The maximum atomic E-state index is 10.9. The summed E-state index contributed by atoms with van der Waals surface area (Å²) in [5, 5.41) is 19.8. The molecule has 0 fully saturated rings. The number of hydrogen-bond donors (Lipinski definition) is 0. The molecule has 15 heavy (non-hydrogen) atoms. The first-order chi connectivity index (χ1) is 6.90. The molecule has 0 aromatic heterocycles. The van der Waals surface area contributed by atoms with Crippen molar-refractivity contribution >= 4 is 16.8 Å². The monoisotopic (exact) mass is 232 g/mol. The third-order valence-corrected chi connectivity index (χ3v) is 2.36. The number of allylic oxidation sites excluding steroid dienone is 1. The van der Waals surface area contributed by atoms with Gasteiger partial charge in [0.05, 0.1) is 11.3 Å². The zero-order chi connectivity index (χ0) is 11.6. The van der Waals surface area contributed by atoms with Crippen LogP contribution in [0.5, 0.6) is 0 Å². The van der Waals surface area contributed by atoms with E-state index in [2.05, 4.69) is 0 Å². The SMILES string of the molecule is O=C(Cl)C1([N+](=O)[O-])C=CC([N+](=O)[O-])=CC1. The van der Waals surface area contributed by atoms with Gasteiger partial charge in [0.15, 0.2) is 0 Å². The van der Waals surface area contributed by atoms with Gasteiger partial charge in [-0.25, -0.2) is 0 Å². The first-order valence-corrected chi connectivity index (χ1v) is 4.16. The summed E-state index contributed by atoms with van der Waals surface area (Å²) in [5.41, 5.74) is -2.36. The van der Waals surface area contributed by atoms with Crippen molar-refractivity contribution in [2.45, 2.75) is 12.0 Å². The Hall–Kier alpha value is -1.76. The third kappa shape index (κ3) is 1.86. The zero-order valence-electron chi connectivity index (χ0n) is 7.25. The zero-order valence-corrected chi connectivity index (χ0v) is 8.01. The summed E-state index contributed by atoms with van der Waals surface area (Å²) in [7, 11) is 0. The summed E-state index contributed by atoms with van der Waals surface area (Å²) in [6, 6.07) is 0. The molecule has 0 N–H and O–H groups in total. The van der Waals surface area contributed by atoms with E-state index in [9.17, 15) is 25.0 Å². The van der Waals surface area contributed by atoms with Crippen molar-refractivity contribution in [2.75, 3.05) is 0 Å². The van der Waals surface area contributed by atoms with Crippen LogP contribution in [-0.4, -0.2) is 20.6 Å². The van der Waals surface area contributed by atoms with Crippen LogP contribution in [0.25, 0.3) is 0 Å². The predicted octanol–water partition coefficient (Wildman–Crippen LogP) is 0.888. The molecule has 0 amide bonds. The molecule has 8 heteroatoms. The van der Waals surface area contributed by atoms with E-state index < -0.39 is 27.0 Å². The lowest BCUT2D eigenvalue weighted by molar-refractivity contribution is -0.536. The molecule has 7 nitrogen and oxygen atoms in total. The second kappa shape index (κ2) is 3.77. The van der Waals surface area contributed by atoms with Crippen LogP contribution in [0.1, 0.15) is 6.42 Å². The molecule has 0 aromatic carbocycles. The smallest absolute Gasteiger partial charge is 0.273 e. The van der Waals surface area contributed by atoms with Crippen LogP contribution in [0, 0.1) is 20.2 Å². The Bertz CT molecular complexity index is 386. The van der Waals surface area contributed by atoms with Gasteiger partial charge >= 0.3 is 10.8 Å². The number of rotatable bonds is 3. The van der Waals surface area contributed by atoms with E-state index in [-0.39, 0.29) is 5.70 Å². The summed E-state index contributed by atoms with van der Waals surface area (Å²) in [4.78, 5) is 30.3. The first-order valence-electron chi connectivity index (χ1n) is 3.78. The highest BCUT2D eigenvalue weighted by molar-refractivity contribution is 6.65. The van der Waals surface area contributed by atoms with Gasteiger partial charge in [0.1, 0.15) is 0 Å². The molecular formula is C7H5ClN2O5. The summed E-state index contributed by atoms with van der Waals surface area (Å²) < 4.78 is 0. The minimum Gasteiger partial charge on any atom is -0.273 e. The topological polar surface area (TPSA) is 103 Å². The van der Waals surface area contributed by atoms with E-state index in [1.807, 2.05) is 0 Å². The highest BCUT2D eigenvalue weighted by atomic mass is 35.5. The lowest BCUT2D eigenvalue weighted by atomic mass is 9.92. The average molecular weight is 233 g/mol. The molecule has 1 rings (SSSR count). The second-order valence-corrected chi connectivity index (χ2v) is 3.22. The molecule has 0 aromatic rings. The van der Waals surface area contributed by atoms with Gasteiger partial charge in [-0.05, 0) is 11.6 Å². The predicted molar refractivity (Wildman–Crippen MR) is 49.4 cm³/mol. The van der Waals surface area contributed by atoms with Gasteiger partial charge in [-0.1, -0.05) is 0 Å². The fourth-order valence-electron chi connectivity index (χ4n) is 1.11. The number of nitrogens with zero attached hydrogens (tertiary/aromatic N) is 2. The Morgan fingerprint density at radius 2 is 2.07 bits per heavy atom. The molecule has 0 saturated heterocycles. The normalized spacial score (nSPS) is 24.5. The average Bonchev–Trinajstić information content (AvgIpc) is 2.17. The molecule has 1 aliphatic carbocycles. The van der Waals surface area contributed by atoms with Crippen LogP contribution in [0.3, 0.4) is 0 Å². The molecule has 1 aliphatic rings. The largest absolute Gasteiger partial charge is 0.316 e. The highest BCUT2D eigenvalue weighted by Gasteiger charge is 2.49. The van der Waals surface area contributed by atoms with Gasteiger partial charge in [-0.3, -0.25) is 25.0 Å². The first kappa shape index (κ1) is 11.3. The van der Waals surface area contributed by atoms with Crippen molar-refractivity contribution in [1.29, 1.82) is 0 Å². The van der Waals surface area contributed by atoms with E-state index in [0.717, 1.165) is 18.2 Å². The molecular weight excluding hydrogens is 228 g/mol. The summed E-state index contributed by atoms with van der Waals surface area (Å²) in [5.74, 6) is 0. The lowest BCUT2D eigenvalue weighted by Gasteiger charge is -2.17. The van der Waals surface area contributed by atoms with Crippen LogP contribution in [0.15, 0.2) is 23.9 Å². The highest BCUT2D eigenvalue weighted by Crippen LogP contribution is 2.26. The fourth-order valence-corrected chi connectivity index (χ4v) is 1.32. The Balaban J connectivity index is 3.05. The van der Waals surface area contributed by atoms with Crippen molar-refractivity contribution in [3.05, 3.63) is 44.2 Å². The Morgan fingerprint density at radius 3 is 2.33 bits per heavy atom. The molecule has 0 bridgehead atoms. The molecule has 0 radical (unpaired) electrons. The Morgan fingerprint density at radius 1 is 1.47 bits per heavy atom. The van der Waals surface area contributed by atoms with Gasteiger partial charge < -0.3 is 0 Å². The van der Waals surface area contributed by atoms with Crippen molar-refractivity contribution in [2.24, 2.45) is 0 Å². The molecule has 0 aliphatic heterocycles. The van der Waals surface area contributed by atoms with Crippen LogP contribution in [0.2, 0.25) is 0 Å². The summed E-state index contributed by atoms with van der Waals surface area (Å²) in [6.45, 7) is 0. The molecule has 1 unspecified atom stereocenters. The minimum absolute atomic E-state index is 0.287. The minimum atomic E-state index is -2.07. The van der Waals surface area contributed by atoms with E-state index in [1.165, 1.54) is 0 Å². The van der Waals surface area contributed by atoms with E-state index in [0.29, 0.717) is 0 Å². The van der Waals surface area contributed by atoms with Crippen molar-refractivity contribution in [1.82, 2.24) is 0 Å². The number of nitro groups is 2. The number of carbonyl (C=O) groups is 1. The van der Waals surface area contributed by atoms with Gasteiger partial charge in [-0.2, -0.15) is 0 Å². The van der Waals surface area contributed by atoms with Gasteiger partial charge in [0, 0.05) is 23.2 Å². The Kier molecular flexibility index (Phi) is 2.85. The molecule has 0 spiro atoms. The van der Waals surface area contributed by atoms with E-state index >= 15 is 0 Å². The quantitative estimate of drug-likeness (QED) is 0.408.